The monoisotopic (exact) mass is 577 g/mol. The Kier molecular flexibility index (Phi) is 10.4. The third-order valence-electron chi connectivity index (χ3n) is 7.28. The average molecular weight is 578 g/mol. The van der Waals surface area contributed by atoms with Crippen molar-refractivity contribution in [1.82, 2.24) is 10.2 Å². The highest BCUT2D eigenvalue weighted by Crippen LogP contribution is 2.30. The molecule has 1 saturated carbocycles. The van der Waals surface area contributed by atoms with E-state index in [1.807, 2.05) is 67.6 Å². The maximum atomic E-state index is 14.2. The van der Waals surface area contributed by atoms with Crippen LogP contribution in [0, 0.1) is 0 Å². The van der Waals surface area contributed by atoms with Crippen LogP contribution in [0.3, 0.4) is 0 Å². The fourth-order valence-corrected chi connectivity index (χ4v) is 6.09. The predicted octanol–water partition coefficient (Wildman–Crippen LogP) is 4.55. The van der Waals surface area contributed by atoms with Gasteiger partial charge in [-0.15, -0.1) is 0 Å². The number of hydrogen-bond donors (Lipinski definition) is 1. The lowest BCUT2D eigenvalue weighted by atomic mass is 10.0. The first-order valence-corrected chi connectivity index (χ1v) is 16.0. The summed E-state index contributed by atoms with van der Waals surface area (Å²) in [6, 6.07) is 25.0. The topological polar surface area (TPSA) is 96.0 Å². The molecular formula is C32H39N3O5S. The van der Waals surface area contributed by atoms with E-state index in [4.69, 9.17) is 4.74 Å². The van der Waals surface area contributed by atoms with Crippen molar-refractivity contribution in [3.63, 3.8) is 0 Å². The Hall–Kier alpha value is -3.85. The molecule has 0 spiro atoms. The summed E-state index contributed by atoms with van der Waals surface area (Å²) in [4.78, 5) is 29.6. The molecule has 8 nitrogen and oxygen atoms in total. The molecule has 9 heteroatoms. The van der Waals surface area contributed by atoms with Crippen LogP contribution in [0.2, 0.25) is 0 Å². The van der Waals surface area contributed by atoms with Crippen molar-refractivity contribution in [1.29, 1.82) is 0 Å². The van der Waals surface area contributed by atoms with E-state index in [0.717, 1.165) is 47.4 Å². The quantitative estimate of drug-likeness (QED) is 0.322. The molecule has 3 aromatic rings. The second kappa shape index (κ2) is 14.2. The van der Waals surface area contributed by atoms with Crippen molar-refractivity contribution in [3.05, 3.63) is 96.1 Å². The van der Waals surface area contributed by atoms with Crippen LogP contribution >= 0.6 is 0 Å². The molecule has 0 saturated heterocycles. The number of nitrogens with one attached hydrogen (secondary N) is 1. The van der Waals surface area contributed by atoms with Crippen LogP contribution in [-0.2, 0) is 32.6 Å². The number of carbonyl (C=O) groups excluding carboxylic acids is 2. The number of sulfonamides is 1. The molecule has 1 aliphatic rings. The van der Waals surface area contributed by atoms with E-state index in [9.17, 15) is 18.0 Å². The first kappa shape index (κ1) is 30.1. The molecule has 0 aromatic heterocycles. The van der Waals surface area contributed by atoms with Crippen LogP contribution in [-0.4, -0.2) is 56.6 Å². The summed E-state index contributed by atoms with van der Waals surface area (Å²) in [7, 11) is -3.88. The number of ether oxygens (including phenoxy) is 1. The van der Waals surface area contributed by atoms with Gasteiger partial charge in [0, 0.05) is 19.0 Å². The van der Waals surface area contributed by atoms with Crippen molar-refractivity contribution in [3.8, 4) is 5.75 Å². The van der Waals surface area contributed by atoms with E-state index in [0.29, 0.717) is 18.8 Å². The minimum Gasteiger partial charge on any atom is -0.492 e. The van der Waals surface area contributed by atoms with E-state index in [1.165, 1.54) is 4.90 Å². The zero-order valence-corrected chi connectivity index (χ0v) is 24.6. The molecule has 1 N–H and O–H groups in total. The highest BCUT2D eigenvalue weighted by molar-refractivity contribution is 7.92. The lowest BCUT2D eigenvalue weighted by Crippen LogP contribution is -2.54. The number of nitrogens with zero attached hydrogens (tertiary/aromatic N) is 2. The van der Waals surface area contributed by atoms with Gasteiger partial charge in [-0.05, 0) is 43.0 Å². The van der Waals surface area contributed by atoms with E-state index in [-0.39, 0.29) is 24.2 Å². The molecule has 218 valence electrons. The van der Waals surface area contributed by atoms with Crippen LogP contribution in [0.4, 0.5) is 5.69 Å². The second-order valence-corrected chi connectivity index (χ2v) is 12.3. The highest BCUT2D eigenvalue weighted by atomic mass is 32.2. The van der Waals surface area contributed by atoms with Gasteiger partial charge in [0.05, 0.1) is 18.6 Å². The molecule has 0 heterocycles. The SMILES string of the molecule is CCOc1ccccc1N(CC(=O)N(Cc1ccccc1)[C@@H](Cc1ccccc1)C(=O)NC1CCCC1)S(C)(=O)=O. The molecule has 0 radical (unpaired) electrons. The van der Waals surface area contributed by atoms with Gasteiger partial charge in [-0.3, -0.25) is 13.9 Å². The van der Waals surface area contributed by atoms with Gasteiger partial charge in [0.2, 0.25) is 21.8 Å². The predicted molar refractivity (Wildman–Crippen MR) is 161 cm³/mol. The second-order valence-electron chi connectivity index (χ2n) is 10.4. The normalized spacial score (nSPS) is 14.3. The number of carbonyl (C=O) groups is 2. The minimum absolute atomic E-state index is 0.0695. The maximum absolute atomic E-state index is 14.2. The Morgan fingerprint density at radius 3 is 2.10 bits per heavy atom. The van der Waals surface area contributed by atoms with E-state index < -0.39 is 28.5 Å². The lowest BCUT2D eigenvalue weighted by Gasteiger charge is -2.34. The Labute approximate surface area is 243 Å². The Bertz CT molecular complexity index is 1390. The summed E-state index contributed by atoms with van der Waals surface area (Å²) in [5.41, 5.74) is 2.03. The molecule has 0 bridgehead atoms. The largest absolute Gasteiger partial charge is 0.492 e. The average Bonchev–Trinajstić information content (AvgIpc) is 3.47. The number of amides is 2. The van der Waals surface area contributed by atoms with Gasteiger partial charge in [-0.1, -0.05) is 85.6 Å². The molecule has 0 unspecified atom stereocenters. The Balaban J connectivity index is 1.72. The first-order chi connectivity index (χ1) is 19.8. The third-order valence-corrected chi connectivity index (χ3v) is 8.41. The first-order valence-electron chi connectivity index (χ1n) is 14.1. The van der Waals surface area contributed by atoms with Gasteiger partial charge in [-0.25, -0.2) is 8.42 Å². The standard InChI is InChI=1S/C32H39N3O5S/c1-3-40-30-21-13-12-20-28(30)35(41(2,38)39)24-31(36)34(23-26-16-8-5-9-17-26)29(22-25-14-6-4-7-15-25)32(37)33-27-18-10-11-19-27/h4-9,12-17,20-21,27,29H,3,10-11,18-19,22-24H2,1-2H3,(H,33,37)/t29-/m0/s1. The van der Waals surface area contributed by atoms with Gasteiger partial charge < -0.3 is 15.0 Å². The van der Waals surface area contributed by atoms with Crippen molar-refractivity contribution in [2.24, 2.45) is 0 Å². The number of benzene rings is 3. The lowest BCUT2D eigenvalue weighted by molar-refractivity contribution is -0.140. The number of para-hydroxylation sites is 2. The zero-order valence-electron chi connectivity index (χ0n) is 23.7. The summed E-state index contributed by atoms with van der Waals surface area (Å²) >= 11 is 0. The van der Waals surface area contributed by atoms with E-state index in [1.54, 1.807) is 24.3 Å². The molecule has 1 atom stereocenters. The smallest absolute Gasteiger partial charge is 0.244 e. The molecular weight excluding hydrogens is 538 g/mol. The van der Waals surface area contributed by atoms with E-state index >= 15 is 0 Å². The van der Waals surface area contributed by atoms with Crippen molar-refractivity contribution in [2.45, 2.75) is 57.7 Å². The molecule has 41 heavy (non-hydrogen) atoms. The fraction of sp³-hybridized carbons (Fsp3) is 0.375. The van der Waals surface area contributed by atoms with Crippen LogP contribution in [0.15, 0.2) is 84.9 Å². The summed E-state index contributed by atoms with van der Waals surface area (Å²) in [6.45, 7) is 1.83. The number of rotatable bonds is 13. The van der Waals surface area contributed by atoms with Gasteiger partial charge in [0.15, 0.2) is 0 Å². The minimum atomic E-state index is -3.88. The van der Waals surface area contributed by atoms with Crippen molar-refractivity contribution >= 4 is 27.5 Å². The zero-order chi connectivity index (χ0) is 29.2. The van der Waals surface area contributed by atoms with Gasteiger partial charge >= 0.3 is 0 Å². The Morgan fingerprint density at radius 2 is 1.49 bits per heavy atom. The van der Waals surface area contributed by atoms with Crippen LogP contribution in [0.5, 0.6) is 5.75 Å². The van der Waals surface area contributed by atoms with Gasteiger partial charge in [-0.2, -0.15) is 0 Å². The van der Waals surface area contributed by atoms with Gasteiger partial charge in [0.1, 0.15) is 18.3 Å². The summed E-state index contributed by atoms with van der Waals surface area (Å²) in [6.07, 6.45) is 5.30. The summed E-state index contributed by atoms with van der Waals surface area (Å²) < 4.78 is 32.9. The molecule has 4 rings (SSSR count). The molecule has 3 aromatic carbocycles. The molecule has 1 fully saturated rings. The van der Waals surface area contributed by atoms with Crippen molar-refractivity contribution in [2.75, 3.05) is 23.7 Å². The highest BCUT2D eigenvalue weighted by Gasteiger charge is 2.34. The van der Waals surface area contributed by atoms with Crippen LogP contribution < -0.4 is 14.4 Å². The number of anilines is 1. The molecule has 2 amide bonds. The van der Waals surface area contributed by atoms with E-state index in [2.05, 4.69) is 5.32 Å². The maximum Gasteiger partial charge on any atom is 0.244 e. The number of hydrogen-bond acceptors (Lipinski definition) is 5. The summed E-state index contributed by atoms with van der Waals surface area (Å²) in [5, 5.41) is 3.18. The van der Waals surface area contributed by atoms with Gasteiger partial charge in [0.25, 0.3) is 0 Å². The fourth-order valence-electron chi connectivity index (χ4n) is 5.24. The molecule has 1 aliphatic carbocycles. The summed E-state index contributed by atoms with van der Waals surface area (Å²) in [5.74, 6) is -0.346. The third kappa shape index (κ3) is 8.33. The van der Waals surface area contributed by atoms with Crippen LogP contribution in [0.1, 0.15) is 43.7 Å². The van der Waals surface area contributed by atoms with Crippen molar-refractivity contribution < 1.29 is 22.7 Å². The molecule has 0 aliphatic heterocycles. The Morgan fingerprint density at radius 1 is 0.902 bits per heavy atom. The van der Waals surface area contributed by atoms with Crippen LogP contribution in [0.25, 0.3) is 0 Å².